The molecule has 1 N–H and O–H groups in total. The monoisotopic (exact) mass is 298 g/mol. The van der Waals surface area contributed by atoms with Crippen molar-refractivity contribution >= 4 is 11.3 Å². The molecule has 0 aliphatic rings. The van der Waals surface area contributed by atoms with Gasteiger partial charge in [-0.25, -0.2) is 0 Å². The smallest absolute Gasteiger partial charge is 0.0593 e. The van der Waals surface area contributed by atoms with Crippen LogP contribution >= 0.6 is 11.3 Å². The first-order chi connectivity index (χ1) is 9.65. The number of hydrogen-bond acceptors (Lipinski definition) is 4. The largest absolute Gasteiger partial charge is 0.380 e. The SMILES string of the molecule is CCOCCN(CC)Cc1ccc(CNCC(C)C)s1. The molecule has 0 atom stereocenters. The Kier molecular flexibility index (Phi) is 9.10. The first kappa shape index (κ1) is 17.6. The molecule has 0 fully saturated rings. The summed E-state index contributed by atoms with van der Waals surface area (Å²) in [5.74, 6) is 0.712. The summed E-state index contributed by atoms with van der Waals surface area (Å²) in [5, 5.41) is 3.50. The van der Waals surface area contributed by atoms with Crippen LogP contribution in [0.4, 0.5) is 0 Å². The summed E-state index contributed by atoms with van der Waals surface area (Å²) >= 11 is 1.92. The van der Waals surface area contributed by atoms with Crippen LogP contribution in [0.2, 0.25) is 0 Å². The molecule has 116 valence electrons. The summed E-state index contributed by atoms with van der Waals surface area (Å²) < 4.78 is 5.44. The molecular formula is C16H30N2OS. The molecule has 1 heterocycles. The van der Waals surface area contributed by atoms with Gasteiger partial charge >= 0.3 is 0 Å². The maximum atomic E-state index is 5.44. The second-order valence-electron chi connectivity index (χ2n) is 5.46. The first-order valence-corrected chi connectivity index (χ1v) is 8.55. The molecule has 0 bridgehead atoms. The van der Waals surface area contributed by atoms with E-state index in [1.165, 1.54) is 9.75 Å². The normalized spacial score (nSPS) is 11.7. The van der Waals surface area contributed by atoms with Gasteiger partial charge in [0.2, 0.25) is 0 Å². The molecule has 4 heteroatoms. The molecule has 3 nitrogen and oxygen atoms in total. The second kappa shape index (κ2) is 10.3. The predicted octanol–water partition coefficient (Wildman–Crippen LogP) is 3.35. The van der Waals surface area contributed by atoms with Gasteiger partial charge < -0.3 is 10.1 Å². The Morgan fingerprint density at radius 1 is 1.25 bits per heavy atom. The maximum Gasteiger partial charge on any atom is 0.0593 e. The lowest BCUT2D eigenvalue weighted by atomic mass is 10.2. The third-order valence-electron chi connectivity index (χ3n) is 3.15. The third-order valence-corrected chi connectivity index (χ3v) is 4.22. The highest BCUT2D eigenvalue weighted by molar-refractivity contribution is 7.11. The first-order valence-electron chi connectivity index (χ1n) is 7.74. The number of ether oxygens (including phenoxy) is 1. The van der Waals surface area contributed by atoms with Gasteiger partial charge in [-0.05, 0) is 38.1 Å². The van der Waals surface area contributed by atoms with Crippen molar-refractivity contribution in [3.63, 3.8) is 0 Å². The van der Waals surface area contributed by atoms with Crippen LogP contribution in [0.25, 0.3) is 0 Å². The van der Waals surface area contributed by atoms with Gasteiger partial charge in [0.1, 0.15) is 0 Å². The minimum atomic E-state index is 0.712. The minimum absolute atomic E-state index is 0.712. The molecule has 1 aromatic heterocycles. The zero-order valence-corrected chi connectivity index (χ0v) is 14.3. The van der Waals surface area contributed by atoms with Gasteiger partial charge in [-0.1, -0.05) is 20.8 Å². The van der Waals surface area contributed by atoms with E-state index < -0.39 is 0 Å². The number of nitrogens with zero attached hydrogens (tertiary/aromatic N) is 1. The van der Waals surface area contributed by atoms with E-state index in [9.17, 15) is 0 Å². The average Bonchev–Trinajstić information content (AvgIpc) is 2.85. The van der Waals surface area contributed by atoms with Crippen molar-refractivity contribution in [2.75, 3.05) is 32.8 Å². The summed E-state index contributed by atoms with van der Waals surface area (Å²) in [5.41, 5.74) is 0. The van der Waals surface area contributed by atoms with E-state index in [4.69, 9.17) is 4.74 Å². The molecule has 0 amide bonds. The molecular weight excluding hydrogens is 268 g/mol. The molecule has 0 aliphatic heterocycles. The number of thiophene rings is 1. The predicted molar refractivity (Wildman–Crippen MR) is 88.3 cm³/mol. The van der Waals surface area contributed by atoms with Gasteiger partial charge in [0, 0.05) is 36.0 Å². The molecule has 0 radical (unpaired) electrons. The Hall–Kier alpha value is -0.420. The molecule has 0 saturated heterocycles. The highest BCUT2D eigenvalue weighted by atomic mass is 32.1. The van der Waals surface area contributed by atoms with E-state index in [0.29, 0.717) is 5.92 Å². The standard InChI is InChI=1S/C16H30N2OS/c1-5-18(9-10-19-6-2)13-16-8-7-15(20-16)12-17-11-14(3)4/h7-8,14,17H,5-6,9-13H2,1-4H3. The number of likely N-dealkylation sites (N-methyl/N-ethyl adjacent to an activating group) is 1. The molecule has 1 rings (SSSR count). The lowest BCUT2D eigenvalue weighted by Crippen LogP contribution is -2.26. The van der Waals surface area contributed by atoms with Gasteiger partial charge in [-0.2, -0.15) is 0 Å². The molecule has 20 heavy (non-hydrogen) atoms. The van der Waals surface area contributed by atoms with Gasteiger partial charge in [-0.15, -0.1) is 11.3 Å². The van der Waals surface area contributed by atoms with E-state index in [2.05, 4.69) is 43.1 Å². The Balaban J connectivity index is 2.33. The second-order valence-corrected chi connectivity index (χ2v) is 6.71. The number of hydrogen-bond donors (Lipinski definition) is 1. The van der Waals surface area contributed by atoms with Crippen LogP contribution in [0.5, 0.6) is 0 Å². The summed E-state index contributed by atoms with van der Waals surface area (Å²) in [6.45, 7) is 15.6. The van der Waals surface area contributed by atoms with Crippen LogP contribution < -0.4 is 5.32 Å². The molecule has 0 aromatic carbocycles. The Morgan fingerprint density at radius 2 is 2.00 bits per heavy atom. The van der Waals surface area contributed by atoms with Crippen molar-refractivity contribution in [1.29, 1.82) is 0 Å². The van der Waals surface area contributed by atoms with Crippen LogP contribution in [0, 0.1) is 5.92 Å². The fourth-order valence-corrected chi connectivity index (χ4v) is 3.02. The van der Waals surface area contributed by atoms with E-state index in [1.54, 1.807) is 0 Å². The quantitative estimate of drug-likeness (QED) is 0.634. The minimum Gasteiger partial charge on any atom is -0.380 e. The molecule has 0 aliphatic carbocycles. The van der Waals surface area contributed by atoms with Crippen LogP contribution in [0.1, 0.15) is 37.4 Å². The summed E-state index contributed by atoms with van der Waals surface area (Å²) in [7, 11) is 0. The highest BCUT2D eigenvalue weighted by Crippen LogP contribution is 2.18. The number of nitrogens with one attached hydrogen (secondary N) is 1. The van der Waals surface area contributed by atoms with Crippen molar-refractivity contribution in [2.45, 2.75) is 40.8 Å². The van der Waals surface area contributed by atoms with Crippen molar-refractivity contribution in [2.24, 2.45) is 5.92 Å². The third kappa shape index (κ3) is 7.39. The van der Waals surface area contributed by atoms with E-state index >= 15 is 0 Å². The van der Waals surface area contributed by atoms with E-state index in [1.807, 2.05) is 18.3 Å². The Bertz CT molecular complexity index is 352. The van der Waals surface area contributed by atoms with Crippen molar-refractivity contribution in [3.05, 3.63) is 21.9 Å². The molecule has 0 unspecified atom stereocenters. The Labute approximate surface area is 128 Å². The van der Waals surface area contributed by atoms with Gasteiger partial charge in [0.25, 0.3) is 0 Å². The van der Waals surface area contributed by atoms with Gasteiger partial charge in [0.15, 0.2) is 0 Å². The zero-order chi connectivity index (χ0) is 14.8. The van der Waals surface area contributed by atoms with Crippen LogP contribution in [0.15, 0.2) is 12.1 Å². The van der Waals surface area contributed by atoms with Crippen LogP contribution in [0.3, 0.4) is 0 Å². The summed E-state index contributed by atoms with van der Waals surface area (Å²) in [4.78, 5) is 5.32. The van der Waals surface area contributed by atoms with Crippen molar-refractivity contribution in [1.82, 2.24) is 10.2 Å². The zero-order valence-electron chi connectivity index (χ0n) is 13.4. The van der Waals surface area contributed by atoms with E-state index in [-0.39, 0.29) is 0 Å². The molecule has 0 spiro atoms. The van der Waals surface area contributed by atoms with Crippen LogP contribution in [-0.2, 0) is 17.8 Å². The molecule has 0 saturated carbocycles. The lowest BCUT2D eigenvalue weighted by Gasteiger charge is -2.19. The van der Waals surface area contributed by atoms with Crippen LogP contribution in [-0.4, -0.2) is 37.7 Å². The van der Waals surface area contributed by atoms with Gasteiger partial charge in [-0.3, -0.25) is 4.90 Å². The van der Waals surface area contributed by atoms with Crippen molar-refractivity contribution < 1.29 is 4.74 Å². The summed E-state index contributed by atoms with van der Waals surface area (Å²) in [6.07, 6.45) is 0. The lowest BCUT2D eigenvalue weighted by molar-refractivity contribution is 0.113. The topological polar surface area (TPSA) is 24.5 Å². The summed E-state index contributed by atoms with van der Waals surface area (Å²) in [6, 6.07) is 4.52. The van der Waals surface area contributed by atoms with E-state index in [0.717, 1.165) is 45.9 Å². The average molecular weight is 298 g/mol. The number of rotatable bonds is 11. The fourth-order valence-electron chi connectivity index (χ4n) is 1.99. The molecule has 1 aromatic rings. The Morgan fingerprint density at radius 3 is 2.65 bits per heavy atom. The highest BCUT2D eigenvalue weighted by Gasteiger charge is 2.06. The maximum absolute atomic E-state index is 5.44. The van der Waals surface area contributed by atoms with Gasteiger partial charge in [0.05, 0.1) is 6.61 Å². The van der Waals surface area contributed by atoms with Crippen molar-refractivity contribution in [3.8, 4) is 0 Å². The fraction of sp³-hybridized carbons (Fsp3) is 0.750.